The van der Waals surface area contributed by atoms with Crippen LogP contribution in [0, 0.1) is 19.7 Å². The van der Waals surface area contributed by atoms with E-state index < -0.39 is 0 Å². The minimum atomic E-state index is -0.200. The molecule has 0 aliphatic carbocycles. The first-order chi connectivity index (χ1) is 10.0. The van der Waals surface area contributed by atoms with Gasteiger partial charge in [-0.3, -0.25) is 0 Å². The van der Waals surface area contributed by atoms with Crippen molar-refractivity contribution in [3.05, 3.63) is 69.5 Å². The zero-order valence-corrected chi connectivity index (χ0v) is 13.5. The zero-order valence-electron chi connectivity index (χ0n) is 12.7. The molecule has 1 atom stereocenters. The van der Waals surface area contributed by atoms with E-state index in [2.05, 4.69) is 44.3 Å². The third-order valence-corrected chi connectivity index (χ3v) is 4.01. The third-order valence-electron chi connectivity index (χ3n) is 3.77. The third kappa shape index (κ3) is 3.84. The van der Waals surface area contributed by atoms with Crippen LogP contribution in [0.1, 0.15) is 35.2 Å². The Balaban J connectivity index is 2.38. The molecular formula is C18H21ClFN. The summed E-state index contributed by atoms with van der Waals surface area (Å²) in [5.41, 5.74) is 4.35. The fraction of sp³-hybridized carbons (Fsp3) is 0.333. The molecule has 0 saturated heterocycles. The molecule has 0 spiro atoms. The van der Waals surface area contributed by atoms with Gasteiger partial charge in [-0.25, -0.2) is 4.39 Å². The average Bonchev–Trinajstić information content (AvgIpc) is 2.43. The van der Waals surface area contributed by atoms with Crippen molar-refractivity contribution in [2.45, 2.75) is 33.2 Å². The highest BCUT2D eigenvalue weighted by molar-refractivity contribution is 6.30. The van der Waals surface area contributed by atoms with Gasteiger partial charge in [0.1, 0.15) is 5.82 Å². The Hall–Kier alpha value is -1.38. The summed E-state index contributed by atoms with van der Waals surface area (Å²) in [6, 6.07) is 11.1. The molecule has 1 unspecified atom stereocenters. The van der Waals surface area contributed by atoms with E-state index in [1.54, 1.807) is 12.1 Å². The summed E-state index contributed by atoms with van der Waals surface area (Å²) in [4.78, 5) is 0. The molecule has 2 aromatic carbocycles. The number of likely N-dealkylation sites (N-methyl/N-ethyl adjacent to an activating group) is 1. The monoisotopic (exact) mass is 305 g/mol. The molecule has 1 nitrogen and oxygen atoms in total. The molecule has 0 radical (unpaired) electrons. The van der Waals surface area contributed by atoms with Crippen LogP contribution in [0.5, 0.6) is 0 Å². The first kappa shape index (κ1) is 16.0. The highest BCUT2D eigenvalue weighted by atomic mass is 35.5. The van der Waals surface area contributed by atoms with E-state index in [9.17, 15) is 4.39 Å². The maximum absolute atomic E-state index is 14.0. The van der Waals surface area contributed by atoms with Crippen molar-refractivity contribution in [2.75, 3.05) is 6.54 Å². The lowest BCUT2D eigenvalue weighted by atomic mass is 9.91. The van der Waals surface area contributed by atoms with Crippen molar-refractivity contribution >= 4 is 11.6 Å². The molecule has 0 aromatic heterocycles. The second-order valence-corrected chi connectivity index (χ2v) is 5.79. The number of aryl methyl sites for hydroxylation is 2. The van der Waals surface area contributed by atoms with Gasteiger partial charge in [-0.15, -0.1) is 0 Å². The second kappa shape index (κ2) is 7.06. The summed E-state index contributed by atoms with van der Waals surface area (Å²) in [6.07, 6.45) is 0.589. The summed E-state index contributed by atoms with van der Waals surface area (Å²) in [5, 5.41) is 4.04. The number of nitrogens with one attached hydrogen (secondary N) is 1. The normalized spacial score (nSPS) is 12.4. The smallest absolute Gasteiger partial charge is 0.126 e. The van der Waals surface area contributed by atoms with Gasteiger partial charge in [-0.2, -0.15) is 0 Å². The number of halogens is 2. The molecule has 3 heteroatoms. The van der Waals surface area contributed by atoms with E-state index >= 15 is 0 Å². The van der Waals surface area contributed by atoms with Gasteiger partial charge in [0.2, 0.25) is 0 Å². The van der Waals surface area contributed by atoms with E-state index in [1.807, 2.05) is 0 Å². The number of rotatable bonds is 5. The Labute approximate surface area is 131 Å². The fourth-order valence-electron chi connectivity index (χ4n) is 2.82. The fourth-order valence-corrected chi connectivity index (χ4v) is 3.01. The molecular weight excluding hydrogens is 285 g/mol. The number of benzene rings is 2. The van der Waals surface area contributed by atoms with Gasteiger partial charge in [0.25, 0.3) is 0 Å². The molecule has 0 amide bonds. The molecule has 0 heterocycles. The van der Waals surface area contributed by atoms with Crippen LogP contribution in [-0.2, 0) is 6.42 Å². The van der Waals surface area contributed by atoms with E-state index in [4.69, 9.17) is 11.6 Å². The van der Waals surface area contributed by atoms with Gasteiger partial charge in [-0.1, -0.05) is 36.7 Å². The van der Waals surface area contributed by atoms with Crippen molar-refractivity contribution < 1.29 is 4.39 Å². The second-order valence-electron chi connectivity index (χ2n) is 5.36. The number of hydrogen-bond donors (Lipinski definition) is 1. The van der Waals surface area contributed by atoms with Crippen molar-refractivity contribution in [1.82, 2.24) is 5.32 Å². The van der Waals surface area contributed by atoms with Crippen LogP contribution >= 0.6 is 11.6 Å². The average molecular weight is 306 g/mol. The Kier molecular flexibility index (Phi) is 5.38. The van der Waals surface area contributed by atoms with E-state index in [1.165, 1.54) is 22.8 Å². The van der Waals surface area contributed by atoms with Crippen LogP contribution in [0.4, 0.5) is 4.39 Å². The highest BCUT2D eigenvalue weighted by Gasteiger charge is 2.17. The lowest BCUT2D eigenvalue weighted by Gasteiger charge is -2.23. The minimum absolute atomic E-state index is 0.0872. The highest BCUT2D eigenvalue weighted by Crippen LogP contribution is 2.27. The molecule has 112 valence electrons. The molecule has 0 aliphatic rings. The van der Waals surface area contributed by atoms with Crippen molar-refractivity contribution in [1.29, 1.82) is 0 Å². The molecule has 0 fully saturated rings. The van der Waals surface area contributed by atoms with Crippen LogP contribution in [0.2, 0.25) is 5.02 Å². The maximum atomic E-state index is 14.0. The van der Waals surface area contributed by atoms with Gasteiger partial charge < -0.3 is 5.32 Å². The Bertz CT molecular complexity index is 604. The maximum Gasteiger partial charge on any atom is 0.126 e. The molecule has 0 bridgehead atoms. The topological polar surface area (TPSA) is 12.0 Å². The quantitative estimate of drug-likeness (QED) is 0.820. The molecule has 2 aromatic rings. The standard InChI is InChI=1S/C18H21ClFN/c1-4-21-17(18-12(2)6-5-7-13(18)3)11-14-10-15(19)8-9-16(14)20/h5-10,17,21H,4,11H2,1-3H3. The van der Waals surface area contributed by atoms with Crippen LogP contribution in [0.15, 0.2) is 36.4 Å². The Morgan fingerprint density at radius 1 is 1.14 bits per heavy atom. The molecule has 1 N–H and O–H groups in total. The lowest BCUT2D eigenvalue weighted by molar-refractivity contribution is 0.524. The summed E-state index contributed by atoms with van der Waals surface area (Å²) < 4.78 is 14.0. The van der Waals surface area contributed by atoms with Crippen LogP contribution in [-0.4, -0.2) is 6.54 Å². The van der Waals surface area contributed by atoms with E-state index in [-0.39, 0.29) is 11.9 Å². The Morgan fingerprint density at radius 3 is 2.43 bits per heavy atom. The summed E-state index contributed by atoms with van der Waals surface area (Å²) >= 11 is 6.00. The lowest BCUT2D eigenvalue weighted by Crippen LogP contribution is -2.25. The minimum Gasteiger partial charge on any atom is -0.310 e. The summed E-state index contributed by atoms with van der Waals surface area (Å²) in [7, 11) is 0. The molecule has 2 rings (SSSR count). The molecule has 21 heavy (non-hydrogen) atoms. The largest absolute Gasteiger partial charge is 0.310 e. The van der Waals surface area contributed by atoms with Crippen molar-refractivity contribution in [2.24, 2.45) is 0 Å². The predicted octanol–water partition coefficient (Wildman–Crippen LogP) is 4.99. The van der Waals surface area contributed by atoms with Crippen LogP contribution in [0.25, 0.3) is 0 Å². The summed E-state index contributed by atoms with van der Waals surface area (Å²) in [6.45, 7) is 7.09. The van der Waals surface area contributed by atoms with Gasteiger partial charge >= 0.3 is 0 Å². The first-order valence-electron chi connectivity index (χ1n) is 7.26. The van der Waals surface area contributed by atoms with E-state index in [0.717, 1.165) is 6.54 Å². The zero-order chi connectivity index (χ0) is 15.4. The predicted molar refractivity (Wildman–Crippen MR) is 87.4 cm³/mol. The van der Waals surface area contributed by atoms with Gasteiger partial charge in [0.05, 0.1) is 0 Å². The van der Waals surface area contributed by atoms with E-state index in [0.29, 0.717) is 17.0 Å². The number of hydrogen-bond acceptors (Lipinski definition) is 1. The van der Waals surface area contributed by atoms with Gasteiger partial charge in [0, 0.05) is 11.1 Å². The van der Waals surface area contributed by atoms with Crippen LogP contribution < -0.4 is 5.32 Å². The molecule has 0 saturated carbocycles. The van der Waals surface area contributed by atoms with Crippen LogP contribution in [0.3, 0.4) is 0 Å². The van der Waals surface area contributed by atoms with Crippen molar-refractivity contribution in [3.8, 4) is 0 Å². The summed E-state index contributed by atoms with van der Waals surface area (Å²) in [5.74, 6) is -0.200. The Morgan fingerprint density at radius 2 is 1.81 bits per heavy atom. The SMILES string of the molecule is CCNC(Cc1cc(Cl)ccc1F)c1c(C)cccc1C. The van der Waals surface area contributed by atoms with Gasteiger partial charge in [-0.05, 0) is 67.3 Å². The van der Waals surface area contributed by atoms with Crippen molar-refractivity contribution in [3.63, 3.8) is 0 Å². The first-order valence-corrected chi connectivity index (χ1v) is 7.64. The molecule has 0 aliphatic heterocycles. The van der Waals surface area contributed by atoms with Gasteiger partial charge in [0.15, 0.2) is 0 Å².